The van der Waals surface area contributed by atoms with E-state index in [4.69, 9.17) is 18.0 Å². The molecule has 2 rings (SSSR count). The molecule has 19 heavy (non-hydrogen) atoms. The van der Waals surface area contributed by atoms with Gasteiger partial charge in [-0.15, -0.1) is 0 Å². The van der Waals surface area contributed by atoms with Crippen molar-refractivity contribution in [3.63, 3.8) is 0 Å². The summed E-state index contributed by atoms with van der Waals surface area (Å²) in [5.41, 5.74) is 11.6. The lowest BCUT2D eigenvalue weighted by Gasteiger charge is -2.23. The number of anilines is 1. The first-order chi connectivity index (χ1) is 8.94. The van der Waals surface area contributed by atoms with Gasteiger partial charge < -0.3 is 10.6 Å². The number of nitrogens with one attached hydrogen (secondary N) is 1. The van der Waals surface area contributed by atoms with Crippen molar-refractivity contribution in [2.75, 3.05) is 11.9 Å². The van der Waals surface area contributed by atoms with E-state index < -0.39 is 0 Å². The average molecular weight is 274 g/mol. The standard InChI is InChI=1S/C14H18N4S/c1-14(2)10-6-4-5-7-11(10)18(3)12(14)8-9-16-17-13(15)19/h4-9H,1-3H3,(H3,15,17,19)/b12-8-,16-9-. The van der Waals surface area contributed by atoms with Crippen molar-refractivity contribution in [2.45, 2.75) is 19.3 Å². The molecule has 0 saturated heterocycles. The molecule has 3 N–H and O–H groups in total. The number of hydrogen-bond acceptors (Lipinski definition) is 3. The summed E-state index contributed by atoms with van der Waals surface area (Å²) in [6.07, 6.45) is 3.66. The van der Waals surface area contributed by atoms with Crippen molar-refractivity contribution < 1.29 is 0 Å². The summed E-state index contributed by atoms with van der Waals surface area (Å²) in [7, 11) is 2.06. The van der Waals surface area contributed by atoms with Crippen LogP contribution in [0, 0.1) is 0 Å². The largest absolute Gasteiger partial charge is 0.375 e. The van der Waals surface area contributed by atoms with Gasteiger partial charge in [-0.25, -0.2) is 0 Å². The van der Waals surface area contributed by atoms with Gasteiger partial charge in [-0.2, -0.15) is 5.10 Å². The van der Waals surface area contributed by atoms with Crippen molar-refractivity contribution in [2.24, 2.45) is 10.8 Å². The van der Waals surface area contributed by atoms with Crippen LogP contribution in [0.15, 0.2) is 41.1 Å². The third-order valence-corrected chi connectivity index (χ3v) is 3.51. The van der Waals surface area contributed by atoms with E-state index in [1.807, 2.05) is 6.08 Å². The zero-order valence-electron chi connectivity index (χ0n) is 11.3. The molecule has 0 spiro atoms. The zero-order chi connectivity index (χ0) is 14.0. The van der Waals surface area contributed by atoms with Gasteiger partial charge in [0.05, 0.1) is 0 Å². The first-order valence-corrected chi connectivity index (χ1v) is 6.48. The average Bonchev–Trinajstić information content (AvgIpc) is 2.55. The predicted octanol–water partition coefficient (Wildman–Crippen LogP) is 2.12. The molecule has 0 unspecified atom stereocenters. The molecule has 1 aromatic carbocycles. The number of para-hydroxylation sites is 1. The lowest BCUT2D eigenvalue weighted by atomic mass is 9.84. The molecule has 1 aliphatic rings. The minimum absolute atomic E-state index is 0.0411. The van der Waals surface area contributed by atoms with Gasteiger partial charge in [0.1, 0.15) is 0 Å². The molecule has 0 aromatic heterocycles. The number of hydrogen-bond donors (Lipinski definition) is 2. The first-order valence-electron chi connectivity index (χ1n) is 6.07. The highest BCUT2D eigenvalue weighted by molar-refractivity contribution is 7.80. The third-order valence-electron chi connectivity index (χ3n) is 3.42. The molecular formula is C14H18N4S. The second-order valence-electron chi connectivity index (χ2n) is 5.01. The van der Waals surface area contributed by atoms with E-state index in [9.17, 15) is 0 Å². The molecule has 0 aliphatic carbocycles. The molecule has 0 atom stereocenters. The number of fused-ring (bicyclic) bond motifs is 1. The van der Waals surface area contributed by atoms with Crippen molar-refractivity contribution in [3.05, 3.63) is 41.6 Å². The molecule has 4 nitrogen and oxygen atoms in total. The number of likely N-dealkylation sites (N-methyl/N-ethyl adjacent to an activating group) is 1. The fraction of sp³-hybridized carbons (Fsp3) is 0.286. The van der Waals surface area contributed by atoms with Crippen molar-refractivity contribution in [1.82, 2.24) is 5.43 Å². The highest BCUT2D eigenvalue weighted by atomic mass is 32.1. The summed E-state index contributed by atoms with van der Waals surface area (Å²) in [5.74, 6) is 0. The number of nitrogens with zero attached hydrogens (tertiary/aromatic N) is 2. The summed E-state index contributed by atoms with van der Waals surface area (Å²) in [6, 6.07) is 8.41. The molecule has 1 aliphatic heterocycles. The first kappa shape index (κ1) is 13.5. The van der Waals surface area contributed by atoms with Crippen LogP contribution in [0.4, 0.5) is 5.69 Å². The summed E-state index contributed by atoms with van der Waals surface area (Å²) in [4.78, 5) is 2.18. The SMILES string of the molecule is CN1/C(=C\C=N/NC(N)=S)C(C)(C)c2ccccc21. The Morgan fingerprint density at radius 3 is 2.74 bits per heavy atom. The zero-order valence-corrected chi connectivity index (χ0v) is 12.2. The number of allylic oxidation sites excluding steroid dienone is 2. The van der Waals surface area contributed by atoms with Crippen LogP contribution in [0.2, 0.25) is 0 Å². The van der Waals surface area contributed by atoms with Crippen LogP contribution in [-0.4, -0.2) is 18.4 Å². The molecule has 0 saturated carbocycles. The quantitative estimate of drug-likeness (QED) is 0.493. The number of benzene rings is 1. The maximum atomic E-state index is 5.31. The Kier molecular flexibility index (Phi) is 3.57. The molecule has 0 amide bonds. The van der Waals surface area contributed by atoms with Gasteiger partial charge in [-0.3, -0.25) is 5.43 Å². The molecule has 0 radical (unpaired) electrons. The van der Waals surface area contributed by atoms with Crippen LogP contribution < -0.4 is 16.1 Å². The van der Waals surface area contributed by atoms with Gasteiger partial charge >= 0.3 is 0 Å². The van der Waals surface area contributed by atoms with Gasteiger partial charge in [-0.05, 0) is 29.9 Å². The fourth-order valence-corrected chi connectivity index (χ4v) is 2.56. The minimum atomic E-state index is -0.0411. The van der Waals surface area contributed by atoms with Crippen molar-refractivity contribution in [3.8, 4) is 0 Å². The molecule has 100 valence electrons. The van der Waals surface area contributed by atoms with E-state index >= 15 is 0 Å². The number of hydrazone groups is 1. The van der Waals surface area contributed by atoms with Crippen molar-refractivity contribution in [1.29, 1.82) is 0 Å². The second-order valence-corrected chi connectivity index (χ2v) is 5.45. The highest BCUT2D eigenvalue weighted by Gasteiger charge is 2.37. The van der Waals surface area contributed by atoms with E-state index in [2.05, 4.69) is 60.6 Å². The maximum absolute atomic E-state index is 5.31. The maximum Gasteiger partial charge on any atom is 0.184 e. The Labute approximate surface area is 119 Å². The summed E-state index contributed by atoms with van der Waals surface area (Å²) in [6.45, 7) is 4.41. The summed E-state index contributed by atoms with van der Waals surface area (Å²) < 4.78 is 0. The van der Waals surface area contributed by atoms with Gasteiger partial charge in [0.25, 0.3) is 0 Å². The normalized spacial score (nSPS) is 18.9. The third kappa shape index (κ3) is 2.46. The topological polar surface area (TPSA) is 53.6 Å². The van der Waals surface area contributed by atoms with Gasteiger partial charge in [0.2, 0.25) is 0 Å². The minimum Gasteiger partial charge on any atom is -0.375 e. The van der Waals surface area contributed by atoms with Crippen LogP contribution in [-0.2, 0) is 5.41 Å². The lowest BCUT2D eigenvalue weighted by molar-refractivity contribution is 0.641. The molecular weight excluding hydrogens is 256 g/mol. The van der Waals surface area contributed by atoms with Gasteiger partial charge in [-0.1, -0.05) is 32.0 Å². The fourth-order valence-electron chi connectivity index (χ4n) is 2.51. The van der Waals surface area contributed by atoms with E-state index in [-0.39, 0.29) is 10.5 Å². The number of rotatable bonds is 2. The Hall–Kier alpha value is -1.88. The van der Waals surface area contributed by atoms with E-state index in [0.717, 1.165) is 0 Å². The van der Waals surface area contributed by atoms with E-state index in [0.29, 0.717) is 0 Å². The number of thiocarbonyl (C=S) groups is 1. The molecule has 0 fully saturated rings. The Bertz CT molecular complexity index is 560. The van der Waals surface area contributed by atoms with Crippen molar-refractivity contribution >= 4 is 29.2 Å². The summed E-state index contributed by atoms with van der Waals surface area (Å²) >= 11 is 4.69. The molecule has 1 aromatic rings. The Balaban J connectivity index is 2.31. The lowest BCUT2D eigenvalue weighted by Crippen LogP contribution is -2.25. The van der Waals surface area contributed by atoms with Crippen LogP contribution in [0.1, 0.15) is 19.4 Å². The Morgan fingerprint density at radius 1 is 1.42 bits per heavy atom. The summed E-state index contributed by atoms with van der Waals surface area (Å²) in [5, 5.41) is 4.12. The molecule has 1 heterocycles. The highest BCUT2D eigenvalue weighted by Crippen LogP contribution is 2.46. The predicted molar refractivity (Wildman–Crippen MR) is 84.4 cm³/mol. The molecule has 0 bridgehead atoms. The number of nitrogens with two attached hydrogens (primary N) is 1. The van der Waals surface area contributed by atoms with Crippen LogP contribution in [0.25, 0.3) is 0 Å². The van der Waals surface area contributed by atoms with Crippen LogP contribution in [0.3, 0.4) is 0 Å². The second kappa shape index (κ2) is 5.01. The van der Waals surface area contributed by atoms with Crippen LogP contribution in [0.5, 0.6) is 0 Å². The van der Waals surface area contributed by atoms with E-state index in [1.165, 1.54) is 16.9 Å². The Morgan fingerprint density at radius 2 is 2.11 bits per heavy atom. The van der Waals surface area contributed by atoms with Crippen LogP contribution >= 0.6 is 12.2 Å². The molecule has 5 heteroatoms. The monoisotopic (exact) mass is 274 g/mol. The van der Waals surface area contributed by atoms with Gasteiger partial charge in [0.15, 0.2) is 5.11 Å². The smallest absolute Gasteiger partial charge is 0.184 e. The van der Waals surface area contributed by atoms with Gasteiger partial charge in [0, 0.05) is 30.1 Å². The van der Waals surface area contributed by atoms with E-state index in [1.54, 1.807) is 6.21 Å².